The van der Waals surface area contributed by atoms with Crippen LogP contribution in [0.25, 0.3) is 0 Å². The topological polar surface area (TPSA) is 53.6 Å². The molecule has 0 fully saturated rings. The maximum atomic E-state index is 4.39. The Morgan fingerprint density at radius 1 is 1.40 bits per heavy atom. The quantitative estimate of drug-likeness (QED) is 0.838. The average Bonchev–Trinajstić information content (AvgIpc) is 2.73. The van der Waals surface area contributed by atoms with Crippen LogP contribution in [0.15, 0.2) is 5.38 Å². The van der Waals surface area contributed by atoms with Crippen molar-refractivity contribution in [2.45, 2.75) is 27.3 Å². The van der Waals surface area contributed by atoms with Crippen molar-refractivity contribution in [3.05, 3.63) is 27.5 Å². The number of hydrogen-bond donors (Lipinski definition) is 2. The van der Waals surface area contributed by atoms with Gasteiger partial charge in [-0.25, -0.2) is 4.98 Å². The first-order valence-electron chi connectivity index (χ1n) is 4.83. The first-order valence-corrected chi connectivity index (χ1v) is 5.71. The molecule has 4 nitrogen and oxygen atoms in total. The summed E-state index contributed by atoms with van der Waals surface area (Å²) in [5.41, 5.74) is 4.23. The van der Waals surface area contributed by atoms with Crippen molar-refractivity contribution < 1.29 is 0 Å². The molecule has 0 saturated carbocycles. The molecular weight excluding hydrogens is 208 g/mol. The molecule has 0 aliphatic rings. The summed E-state index contributed by atoms with van der Waals surface area (Å²) in [6, 6.07) is 0. The van der Waals surface area contributed by atoms with Crippen LogP contribution < -0.4 is 5.32 Å². The van der Waals surface area contributed by atoms with Gasteiger partial charge in [-0.1, -0.05) is 0 Å². The Kier molecular flexibility index (Phi) is 2.73. The van der Waals surface area contributed by atoms with Gasteiger partial charge in [-0.2, -0.15) is 5.10 Å². The monoisotopic (exact) mass is 222 g/mol. The van der Waals surface area contributed by atoms with Gasteiger partial charge in [-0.15, -0.1) is 11.3 Å². The second-order valence-corrected chi connectivity index (χ2v) is 4.58. The van der Waals surface area contributed by atoms with Crippen LogP contribution in [-0.2, 0) is 6.54 Å². The molecule has 5 heteroatoms. The van der Waals surface area contributed by atoms with Gasteiger partial charge in [-0.05, 0) is 20.8 Å². The second-order valence-electron chi connectivity index (χ2n) is 3.52. The van der Waals surface area contributed by atoms with Gasteiger partial charge in [0, 0.05) is 5.38 Å². The number of aromatic nitrogens is 3. The third kappa shape index (κ3) is 2.18. The molecule has 0 amide bonds. The molecule has 0 aliphatic carbocycles. The number of aromatic amines is 1. The van der Waals surface area contributed by atoms with Crippen molar-refractivity contribution in [1.82, 2.24) is 15.2 Å². The minimum absolute atomic E-state index is 0.756. The molecule has 2 aromatic heterocycles. The Hall–Kier alpha value is -1.36. The standard InChI is InChI=1S/C10H14N4S/c1-6-10(7(2)14-13-6)11-4-9-5-15-8(3)12-9/h5,11H,4H2,1-3H3,(H,13,14). The lowest BCUT2D eigenvalue weighted by molar-refractivity contribution is 1.02. The van der Waals surface area contributed by atoms with Gasteiger partial charge in [0.1, 0.15) is 0 Å². The zero-order chi connectivity index (χ0) is 10.8. The summed E-state index contributed by atoms with van der Waals surface area (Å²) >= 11 is 1.68. The average molecular weight is 222 g/mol. The summed E-state index contributed by atoms with van der Waals surface area (Å²) in [5, 5.41) is 13.6. The van der Waals surface area contributed by atoms with Gasteiger partial charge in [-0.3, -0.25) is 5.10 Å². The summed E-state index contributed by atoms with van der Waals surface area (Å²) < 4.78 is 0. The number of H-pyrrole nitrogens is 1. The number of nitrogens with zero attached hydrogens (tertiary/aromatic N) is 2. The van der Waals surface area contributed by atoms with Gasteiger partial charge in [0.2, 0.25) is 0 Å². The van der Waals surface area contributed by atoms with Crippen LogP contribution in [0.3, 0.4) is 0 Å². The third-order valence-electron chi connectivity index (χ3n) is 2.24. The van der Waals surface area contributed by atoms with E-state index in [4.69, 9.17) is 0 Å². The SMILES string of the molecule is Cc1nc(CNc2c(C)n[nH]c2C)cs1. The molecule has 2 N–H and O–H groups in total. The van der Waals surface area contributed by atoms with Gasteiger partial charge < -0.3 is 5.32 Å². The summed E-state index contributed by atoms with van der Waals surface area (Å²) in [7, 11) is 0. The third-order valence-corrected chi connectivity index (χ3v) is 3.06. The molecule has 0 aromatic carbocycles. The smallest absolute Gasteiger partial charge is 0.0898 e. The molecule has 2 aromatic rings. The minimum Gasteiger partial charge on any atom is -0.376 e. The molecule has 2 heterocycles. The van der Waals surface area contributed by atoms with Crippen molar-refractivity contribution in [3.63, 3.8) is 0 Å². The van der Waals surface area contributed by atoms with Crippen LogP contribution >= 0.6 is 11.3 Å². The van der Waals surface area contributed by atoms with Gasteiger partial charge in [0.15, 0.2) is 0 Å². The van der Waals surface area contributed by atoms with Crippen molar-refractivity contribution in [2.75, 3.05) is 5.32 Å². The normalized spacial score (nSPS) is 10.6. The van der Waals surface area contributed by atoms with Crippen molar-refractivity contribution in [3.8, 4) is 0 Å². The van der Waals surface area contributed by atoms with Crippen LogP contribution in [0.5, 0.6) is 0 Å². The lowest BCUT2D eigenvalue weighted by Crippen LogP contribution is -2.01. The maximum absolute atomic E-state index is 4.39. The Morgan fingerprint density at radius 3 is 2.73 bits per heavy atom. The molecule has 0 bridgehead atoms. The first-order chi connectivity index (χ1) is 7.16. The largest absolute Gasteiger partial charge is 0.376 e. The van der Waals surface area contributed by atoms with E-state index in [1.54, 1.807) is 11.3 Å². The Bertz CT molecular complexity index is 438. The highest BCUT2D eigenvalue weighted by Crippen LogP contribution is 2.17. The van der Waals surface area contributed by atoms with E-state index in [1.807, 2.05) is 20.8 Å². The molecule has 0 unspecified atom stereocenters. The van der Waals surface area contributed by atoms with Crippen LogP contribution in [0.4, 0.5) is 5.69 Å². The fraction of sp³-hybridized carbons (Fsp3) is 0.400. The van der Waals surface area contributed by atoms with Gasteiger partial charge >= 0.3 is 0 Å². The van der Waals surface area contributed by atoms with E-state index >= 15 is 0 Å². The number of hydrogen-bond acceptors (Lipinski definition) is 4. The summed E-state index contributed by atoms with van der Waals surface area (Å²) in [5.74, 6) is 0. The Morgan fingerprint density at radius 2 is 2.20 bits per heavy atom. The summed E-state index contributed by atoms with van der Waals surface area (Å²) in [6.07, 6.45) is 0. The number of nitrogens with one attached hydrogen (secondary N) is 2. The van der Waals surface area contributed by atoms with Crippen molar-refractivity contribution in [1.29, 1.82) is 0 Å². The van der Waals surface area contributed by atoms with Gasteiger partial charge in [0.05, 0.1) is 34.3 Å². The number of anilines is 1. The van der Waals surface area contributed by atoms with Crippen LogP contribution in [-0.4, -0.2) is 15.2 Å². The molecule has 0 atom stereocenters. The molecule has 0 saturated heterocycles. The van der Waals surface area contributed by atoms with Gasteiger partial charge in [0.25, 0.3) is 0 Å². The predicted molar refractivity (Wildman–Crippen MR) is 62.2 cm³/mol. The number of thiazole rings is 1. The molecule has 0 aliphatic heterocycles. The van der Waals surface area contributed by atoms with Crippen molar-refractivity contribution >= 4 is 17.0 Å². The molecule has 2 rings (SSSR count). The molecule has 80 valence electrons. The highest BCUT2D eigenvalue weighted by Gasteiger charge is 2.06. The van der Waals surface area contributed by atoms with E-state index in [0.29, 0.717) is 0 Å². The highest BCUT2D eigenvalue weighted by molar-refractivity contribution is 7.09. The zero-order valence-electron chi connectivity index (χ0n) is 9.09. The number of rotatable bonds is 3. The maximum Gasteiger partial charge on any atom is 0.0898 e. The molecular formula is C10H14N4S. The Labute approximate surface area is 92.8 Å². The van der Waals surface area contributed by atoms with E-state index in [1.165, 1.54) is 0 Å². The molecule has 0 spiro atoms. The lowest BCUT2D eigenvalue weighted by Gasteiger charge is -2.03. The molecule has 0 radical (unpaired) electrons. The van der Waals surface area contributed by atoms with Crippen LogP contribution in [0.1, 0.15) is 22.1 Å². The lowest BCUT2D eigenvalue weighted by atomic mass is 10.3. The molecule has 15 heavy (non-hydrogen) atoms. The van der Waals surface area contributed by atoms with Crippen molar-refractivity contribution in [2.24, 2.45) is 0 Å². The van der Waals surface area contributed by atoms with E-state index in [2.05, 4.69) is 25.9 Å². The second kappa shape index (κ2) is 4.02. The van der Waals surface area contributed by atoms with E-state index < -0.39 is 0 Å². The summed E-state index contributed by atoms with van der Waals surface area (Å²) in [6.45, 7) is 6.76. The number of aryl methyl sites for hydroxylation is 3. The fourth-order valence-electron chi connectivity index (χ4n) is 1.48. The minimum atomic E-state index is 0.756. The van der Waals surface area contributed by atoms with E-state index in [-0.39, 0.29) is 0 Å². The van der Waals surface area contributed by atoms with E-state index in [9.17, 15) is 0 Å². The Balaban J connectivity index is 2.05. The predicted octanol–water partition coefficient (Wildman–Crippen LogP) is 2.40. The first kappa shape index (κ1) is 10.2. The van der Waals surface area contributed by atoms with Crippen LogP contribution in [0.2, 0.25) is 0 Å². The summed E-state index contributed by atoms with van der Waals surface area (Å²) in [4.78, 5) is 4.39. The highest BCUT2D eigenvalue weighted by atomic mass is 32.1. The van der Waals surface area contributed by atoms with Crippen LogP contribution in [0, 0.1) is 20.8 Å². The fourth-order valence-corrected chi connectivity index (χ4v) is 2.09. The zero-order valence-corrected chi connectivity index (χ0v) is 9.90. The van der Waals surface area contributed by atoms with E-state index in [0.717, 1.165) is 34.3 Å².